The number of morpholine rings is 1. The van der Waals surface area contributed by atoms with E-state index in [0.29, 0.717) is 47.8 Å². The standard InChI is InChI=1S/C25H21Cl2N3O4S/c26-19-6-5-16(11-20(19)27)13-29-14-17(18-3-1-2-4-21(18)29)12-22-24(32)30(25(33)35-22)15-23(31)28-7-9-34-10-8-28/h1-6,11-12,14H,7-10,13,15H2/b22-12+. The first-order chi connectivity index (χ1) is 16.9. The third-order valence-electron chi connectivity index (χ3n) is 5.97. The van der Waals surface area contributed by atoms with Gasteiger partial charge in [-0.1, -0.05) is 47.5 Å². The van der Waals surface area contributed by atoms with Crippen molar-refractivity contribution in [3.63, 3.8) is 0 Å². The molecule has 3 aromatic rings. The zero-order valence-corrected chi connectivity index (χ0v) is 20.9. The van der Waals surface area contributed by atoms with Gasteiger partial charge in [-0.3, -0.25) is 19.3 Å². The summed E-state index contributed by atoms with van der Waals surface area (Å²) >= 11 is 13.1. The van der Waals surface area contributed by atoms with Crippen LogP contribution < -0.4 is 0 Å². The number of imide groups is 1. The number of thioether (sulfide) groups is 1. The maximum Gasteiger partial charge on any atom is 0.294 e. The minimum Gasteiger partial charge on any atom is -0.378 e. The van der Waals surface area contributed by atoms with Crippen LogP contribution in [0.4, 0.5) is 4.79 Å². The van der Waals surface area contributed by atoms with Gasteiger partial charge in [-0.2, -0.15) is 0 Å². The summed E-state index contributed by atoms with van der Waals surface area (Å²) < 4.78 is 7.32. The first-order valence-electron chi connectivity index (χ1n) is 11.0. The molecule has 180 valence electrons. The summed E-state index contributed by atoms with van der Waals surface area (Å²) in [5, 5.41) is 1.49. The SMILES string of the molecule is O=C(CN1C(=O)S/C(=C/c2cn(Cc3ccc(Cl)c(Cl)c3)c3ccccc23)C1=O)N1CCOCC1. The molecule has 2 saturated heterocycles. The number of hydrogen-bond acceptors (Lipinski definition) is 5. The summed E-state index contributed by atoms with van der Waals surface area (Å²) in [6.45, 7) is 2.13. The number of ether oxygens (including phenoxy) is 1. The average Bonchev–Trinajstić information content (AvgIpc) is 3.34. The second-order valence-corrected chi connectivity index (χ2v) is 10.0. The van der Waals surface area contributed by atoms with Crippen molar-refractivity contribution in [1.82, 2.24) is 14.4 Å². The smallest absolute Gasteiger partial charge is 0.294 e. The molecule has 0 saturated carbocycles. The summed E-state index contributed by atoms with van der Waals surface area (Å²) in [5.74, 6) is -0.710. The molecule has 0 N–H and O–H groups in total. The number of carbonyl (C=O) groups excluding carboxylic acids is 3. The van der Waals surface area contributed by atoms with Gasteiger partial charge in [-0.25, -0.2) is 0 Å². The number of rotatable bonds is 5. The molecule has 3 amide bonds. The number of nitrogens with zero attached hydrogens (tertiary/aromatic N) is 3. The van der Waals surface area contributed by atoms with Crippen molar-refractivity contribution in [1.29, 1.82) is 0 Å². The summed E-state index contributed by atoms with van der Waals surface area (Å²) in [6, 6.07) is 13.4. The van der Waals surface area contributed by atoms with Crippen LogP contribution in [0.25, 0.3) is 17.0 Å². The van der Waals surface area contributed by atoms with Gasteiger partial charge in [0.05, 0.1) is 28.2 Å². The Kier molecular flexibility index (Phi) is 6.88. The van der Waals surface area contributed by atoms with Crippen molar-refractivity contribution < 1.29 is 19.1 Å². The van der Waals surface area contributed by atoms with Crippen LogP contribution >= 0.6 is 35.0 Å². The third kappa shape index (κ3) is 4.97. The van der Waals surface area contributed by atoms with Crippen LogP contribution in [0.5, 0.6) is 0 Å². The number of benzene rings is 2. The molecular formula is C25H21Cl2N3O4S. The molecule has 3 heterocycles. The van der Waals surface area contributed by atoms with E-state index in [1.54, 1.807) is 17.0 Å². The second-order valence-electron chi connectivity index (χ2n) is 8.24. The zero-order chi connectivity index (χ0) is 24.5. The summed E-state index contributed by atoms with van der Waals surface area (Å²) in [4.78, 5) is 41.1. The molecule has 35 heavy (non-hydrogen) atoms. The highest BCUT2D eigenvalue weighted by atomic mass is 35.5. The Bertz CT molecular complexity index is 1360. The zero-order valence-electron chi connectivity index (χ0n) is 18.6. The van der Waals surface area contributed by atoms with Crippen molar-refractivity contribution in [3.05, 3.63) is 74.7 Å². The molecule has 0 unspecified atom stereocenters. The van der Waals surface area contributed by atoms with Gasteiger partial charge in [0, 0.05) is 42.3 Å². The molecular weight excluding hydrogens is 509 g/mol. The minimum atomic E-state index is -0.456. The third-order valence-corrected chi connectivity index (χ3v) is 7.62. The molecule has 2 fully saturated rings. The molecule has 1 aromatic heterocycles. The maximum absolute atomic E-state index is 13.0. The Hall–Kier alpha value is -2.78. The van der Waals surface area contributed by atoms with E-state index in [-0.39, 0.29) is 12.5 Å². The average molecular weight is 530 g/mol. The molecule has 7 nitrogen and oxygen atoms in total. The van der Waals surface area contributed by atoms with Gasteiger partial charge in [-0.05, 0) is 41.6 Å². The normalized spacial score (nSPS) is 17.7. The number of aromatic nitrogens is 1. The molecule has 2 aromatic carbocycles. The quantitative estimate of drug-likeness (QED) is 0.440. The Morgan fingerprint density at radius 2 is 1.83 bits per heavy atom. The van der Waals surface area contributed by atoms with Crippen LogP contribution in [0.15, 0.2) is 53.6 Å². The highest BCUT2D eigenvalue weighted by Gasteiger charge is 2.37. The molecule has 2 aliphatic rings. The van der Waals surface area contributed by atoms with Crippen molar-refractivity contribution in [2.24, 2.45) is 0 Å². The van der Waals surface area contributed by atoms with Crippen LogP contribution in [0.1, 0.15) is 11.1 Å². The van der Waals surface area contributed by atoms with Gasteiger partial charge < -0.3 is 14.2 Å². The van der Waals surface area contributed by atoms with Crippen molar-refractivity contribution >= 4 is 69.0 Å². The van der Waals surface area contributed by atoms with Crippen molar-refractivity contribution in [3.8, 4) is 0 Å². The van der Waals surface area contributed by atoms with Crippen LogP contribution in [0.3, 0.4) is 0 Å². The fraction of sp³-hybridized carbons (Fsp3) is 0.240. The predicted octanol–water partition coefficient (Wildman–Crippen LogP) is 4.89. The lowest BCUT2D eigenvalue weighted by Gasteiger charge is -2.28. The van der Waals surface area contributed by atoms with E-state index in [1.807, 2.05) is 42.6 Å². The maximum atomic E-state index is 13.0. The van der Waals surface area contributed by atoms with E-state index in [1.165, 1.54) is 0 Å². The number of halogens is 2. The second kappa shape index (κ2) is 10.1. The van der Waals surface area contributed by atoms with E-state index in [9.17, 15) is 14.4 Å². The minimum absolute atomic E-state index is 0.255. The van der Waals surface area contributed by atoms with Gasteiger partial charge in [0.1, 0.15) is 6.54 Å². The number of amides is 3. The van der Waals surface area contributed by atoms with Crippen LogP contribution in [-0.4, -0.2) is 64.3 Å². The largest absolute Gasteiger partial charge is 0.378 e. The van der Waals surface area contributed by atoms with Crippen LogP contribution in [0, 0.1) is 0 Å². The van der Waals surface area contributed by atoms with Gasteiger partial charge in [0.15, 0.2) is 0 Å². The molecule has 5 rings (SSSR count). The van der Waals surface area contributed by atoms with E-state index >= 15 is 0 Å². The highest BCUT2D eigenvalue weighted by Crippen LogP contribution is 2.34. The fourth-order valence-corrected chi connectivity index (χ4v) is 5.33. The van der Waals surface area contributed by atoms with Gasteiger partial charge in [-0.15, -0.1) is 0 Å². The van der Waals surface area contributed by atoms with Crippen LogP contribution in [0.2, 0.25) is 10.0 Å². The van der Waals surface area contributed by atoms with Crippen molar-refractivity contribution in [2.45, 2.75) is 6.54 Å². The lowest BCUT2D eigenvalue weighted by atomic mass is 10.1. The van der Waals surface area contributed by atoms with Gasteiger partial charge in [0.25, 0.3) is 11.1 Å². The number of fused-ring (bicyclic) bond motifs is 1. The van der Waals surface area contributed by atoms with E-state index in [4.69, 9.17) is 27.9 Å². The number of carbonyl (C=O) groups is 3. The molecule has 0 spiro atoms. The highest BCUT2D eigenvalue weighted by molar-refractivity contribution is 8.18. The van der Waals surface area contributed by atoms with Gasteiger partial charge >= 0.3 is 0 Å². The van der Waals surface area contributed by atoms with Crippen molar-refractivity contribution in [2.75, 3.05) is 32.8 Å². The fourth-order valence-electron chi connectivity index (χ4n) is 4.18. The molecule has 0 radical (unpaired) electrons. The molecule has 2 aliphatic heterocycles. The lowest BCUT2D eigenvalue weighted by molar-refractivity contribution is -0.139. The first kappa shape index (κ1) is 23.9. The first-order valence-corrected chi connectivity index (χ1v) is 12.6. The number of hydrogen-bond donors (Lipinski definition) is 0. The Balaban J connectivity index is 1.40. The van der Waals surface area contributed by atoms with E-state index in [0.717, 1.165) is 38.7 Å². The summed E-state index contributed by atoms with van der Waals surface area (Å²) in [5.41, 5.74) is 2.77. The summed E-state index contributed by atoms with van der Waals surface area (Å²) in [7, 11) is 0. The molecule has 0 aliphatic carbocycles. The molecule has 10 heteroatoms. The number of para-hydroxylation sites is 1. The predicted molar refractivity (Wildman–Crippen MR) is 138 cm³/mol. The van der Waals surface area contributed by atoms with E-state index in [2.05, 4.69) is 4.57 Å². The molecule has 0 bridgehead atoms. The molecule has 0 atom stereocenters. The monoisotopic (exact) mass is 529 g/mol. The summed E-state index contributed by atoms with van der Waals surface area (Å²) in [6.07, 6.45) is 3.66. The van der Waals surface area contributed by atoms with Gasteiger partial charge in [0.2, 0.25) is 5.91 Å². The Morgan fingerprint density at radius 3 is 2.60 bits per heavy atom. The lowest BCUT2D eigenvalue weighted by Crippen LogP contribution is -2.46. The van der Waals surface area contributed by atoms with Crippen LogP contribution in [-0.2, 0) is 20.9 Å². The Labute approximate surface area is 216 Å². The van der Waals surface area contributed by atoms with E-state index < -0.39 is 11.1 Å². The topological polar surface area (TPSA) is 71.9 Å². The Morgan fingerprint density at radius 1 is 1.06 bits per heavy atom.